The number of carboxylic acid groups (broad SMARTS) is 1. The van der Waals surface area contributed by atoms with Crippen molar-refractivity contribution in [1.82, 2.24) is 20.3 Å². The zero-order chi connectivity index (χ0) is 28.0. The second kappa shape index (κ2) is 12.3. The van der Waals surface area contributed by atoms with Crippen LogP contribution < -0.4 is 15.5 Å². The van der Waals surface area contributed by atoms with Crippen molar-refractivity contribution in [1.29, 1.82) is 0 Å². The number of fused-ring (bicyclic) bond motifs is 1. The van der Waals surface area contributed by atoms with Gasteiger partial charge in [0, 0.05) is 43.2 Å². The molecule has 1 saturated heterocycles. The molecule has 0 saturated carbocycles. The second-order valence-corrected chi connectivity index (χ2v) is 11.3. The van der Waals surface area contributed by atoms with Crippen LogP contribution in [0.5, 0.6) is 0 Å². The van der Waals surface area contributed by atoms with Gasteiger partial charge in [0.2, 0.25) is 5.95 Å². The number of carbonyl (C=O) groups excluding carboxylic acids is 1. The summed E-state index contributed by atoms with van der Waals surface area (Å²) < 4.78 is 0.856. The van der Waals surface area contributed by atoms with Crippen molar-refractivity contribution < 1.29 is 14.7 Å². The second-order valence-electron chi connectivity index (χ2n) is 9.26. The Hall–Kier alpha value is -3.88. The van der Waals surface area contributed by atoms with Gasteiger partial charge in [0.05, 0.1) is 20.5 Å². The van der Waals surface area contributed by atoms with Crippen LogP contribution in [0.1, 0.15) is 39.2 Å². The molecule has 3 N–H and O–H groups in total. The van der Waals surface area contributed by atoms with Gasteiger partial charge in [0.25, 0.3) is 0 Å². The van der Waals surface area contributed by atoms with Gasteiger partial charge in [-0.2, -0.15) is 0 Å². The molecule has 3 heterocycles. The zero-order valence-electron chi connectivity index (χ0n) is 22.1. The number of nitrogens with one attached hydrogen (secondary N) is 2. The van der Waals surface area contributed by atoms with Crippen LogP contribution in [0.15, 0.2) is 47.5 Å². The maximum absolute atomic E-state index is 12.1. The zero-order valence-corrected chi connectivity index (χ0v) is 23.7. The van der Waals surface area contributed by atoms with Crippen molar-refractivity contribution in [3.05, 3.63) is 53.1 Å². The summed E-state index contributed by atoms with van der Waals surface area (Å²) in [6.45, 7) is 11.3. The maximum Gasteiger partial charge on any atom is 0.321 e. The van der Waals surface area contributed by atoms with Gasteiger partial charge in [-0.15, -0.1) is 0 Å². The highest BCUT2D eigenvalue weighted by atomic mass is 32.2. The highest BCUT2D eigenvalue weighted by molar-refractivity contribution is 8.06. The van der Waals surface area contributed by atoms with Crippen LogP contribution in [0.25, 0.3) is 21.3 Å². The molecule has 0 spiro atoms. The fraction of sp³-hybridized carbons (Fsp3) is 0.321. The van der Waals surface area contributed by atoms with Crippen LogP contribution >= 0.6 is 23.1 Å². The SMILES string of the molecule is C=C(C#Cc1cc(-c2cnc(N3CCC(C)(C(=O)O)CC3)nc2)cc2nc(NC(=O)NCC)sc12)S/C=C\C. The van der Waals surface area contributed by atoms with Crippen molar-refractivity contribution in [2.24, 2.45) is 5.41 Å². The monoisotopic (exact) mass is 562 g/mol. The number of rotatable bonds is 7. The van der Waals surface area contributed by atoms with Crippen LogP contribution in [-0.4, -0.2) is 51.7 Å². The van der Waals surface area contributed by atoms with Gasteiger partial charge in [0.1, 0.15) is 0 Å². The molecule has 0 aliphatic carbocycles. The van der Waals surface area contributed by atoms with E-state index in [4.69, 9.17) is 0 Å². The molecule has 4 rings (SSSR count). The highest BCUT2D eigenvalue weighted by Crippen LogP contribution is 2.35. The first kappa shape index (κ1) is 28.1. The molecule has 1 fully saturated rings. The van der Waals surface area contributed by atoms with Crippen LogP contribution in [0, 0.1) is 17.3 Å². The average molecular weight is 563 g/mol. The summed E-state index contributed by atoms with van der Waals surface area (Å²) in [4.78, 5) is 40.1. The predicted octanol–water partition coefficient (Wildman–Crippen LogP) is 5.72. The molecule has 2 amide bonds. The Kier molecular flexibility index (Phi) is 8.89. The van der Waals surface area contributed by atoms with Crippen molar-refractivity contribution >= 4 is 56.4 Å². The minimum absolute atomic E-state index is 0.314. The van der Waals surface area contributed by atoms with Crippen molar-refractivity contribution in [3.63, 3.8) is 0 Å². The summed E-state index contributed by atoms with van der Waals surface area (Å²) in [7, 11) is 0. The first-order valence-electron chi connectivity index (χ1n) is 12.5. The molecule has 1 aliphatic rings. The van der Waals surface area contributed by atoms with E-state index in [0.29, 0.717) is 54.0 Å². The van der Waals surface area contributed by atoms with E-state index in [1.54, 1.807) is 19.3 Å². The van der Waals surface area contributed by atoms with Gasteiger partial charge < -0.3 is 15.3 Å². The number of urea groups is 1. The number of carboxylic acids is 1. The first-order valence-corrected chi connectivity index (χ1v) is 14.2. The fourth-order valence-corrected chi connectivity index (χ4v) is 5.33. The lowest BCUT2D eigenvalue weighted by atomic mass is 9.80. The van der Waals surface area contributed by atoms with E-state index in [9.17, 15) is 14.7 Å². The third-order valence-corrected chi connectivity index (χ3v) is 8.18. The summed E-state index contributed by atoms with van der Waals surface area (Å²) in [5.74, 6) is 6.14. The lowest BCUT2D eigenvalue weighted by Crippen LogP contribution is -2.43. The van der Waals surface area contributed by atoms with E-state index in [1.807, 2.05) is 42.4 Å². The van der Waals surface area contributed by atoms with E-state index in [0.717, 1.165) is 21.4 Å². The predicted molar refractivity (Wildman–Crippen MR) is 159 cm³/mol. The van der Waals surface area contributed by atoms with Crippen molar-refractivity contribution in [2.75, 3.05) is 29.9 Å². The Morgan fingerprint density at radius 3 is 2.62 bits per heavy atom. The number of nitrogens with zero attached hydrogens (tertiary/aromatic N) is 4. The number of amides is 2. The molecule has 9 nitrogen and oxygen atoms in total. The number of hydrogen-bond acceptors (Lipinski definition) is 8. The van der Waals surface area contributed by atoms with Crippen molar-refractivity contribution in [3.8, 4) is 23.0 Å². The molecule has 0 radical (unpaired) electrons. The van der Waals surface area contributed by atoms with E-state index in [2.05, 4.69) is 44.0 Å². The number of thioether (sulfide) groups is 1. The molecule has 0 bridgehead atoms. The van der Waals surface area contributed by atoms with Crippen LogP contribution in [-0.2, 0) is 4.79 Å². The first-order chi connectivity index (χ1) is 18.7. The molecule has 3 aromatic rings. The molecular weight excluding hydrogens is 532 g/mol. The molecule has 1 aliphatic heterocycles. The molecule has 0 atom stereocenters. The molecule has 2 aromatic heterocycles. The number of aliphatic carboxylic acids is 1. The summed E-state index contributed by atoms with van der Waals surface area (Å²) in [5, 5.41) is 17.4. The Bertz CT molecular complexity index is 1480. The van der Waals surface area contributed by atoms with Gasteiger partial charge in [0.15, 0.2) is 5.13 Å². The smallest absolute Gasteiger partial charge is 0.321 e. The molecule has 39 heavy (non-hydrogen) atoms. The Balaban J connectivity index is 1.64. The number of benzene rings is 1. The summed E-state index contributed by atoms with van der Waals surface area (Å²) >= 11 is 2.81. The van der Waals surface area contributed by atoms with E-state index >= 15 is 0 Å². The van der Waals surface area contributed by atoms with Crippen LogP contribution in [0.2, 0.25) is 0 Å². The molecule has 0 unspecified atom stereocenters. The quantitative estimate of drug-likeness (QED) is 0.313. The van der Waals surface area contributed by atoms with Crippen LogP contribution in [0.3, 0.4) is 0 Å². The summed E-state index contributed by atoms with van der Waals surface area (Å²) in [5.41, 5.74) is 2.40. The minimum Gasteiger partial charge on any atom is -0.481 e. The lowest BCUT2D eigenvalue weighted by molar-refractivity contribution is -0.149. The number of carbonyl (C=O) groups is 2. The molecule has 11 heteroatoms. The largest absolute Gasteiger partial charge is 0.481 e. The van der Waals surface area contributed by atoms with Gasteiger partial charge in [-0.1, -0.05) is 47.6 Å². The highest BCUT2D eigenvalue weighted by Gasteiger charge is 2.37. The number of anilines is 2. The minimum atomic E-state index is -0.761. The van der Waals surface area contributed by atoms with E-state index < -0.39 is 11.4 Å². The van der Waals surface area contributed by atoms with Gasteiger partial charge in [-0.3, -0.25) is 10.1 Å². The number of aromatic nitrogens is 3. The van der Waals surface area contributed by atoms with Crippen LogP contribution in [0.4, 0.5) is 15.9 Å². The lowest BCUT2D eigenvalue weighted by Gasteiger charge is -2.36. The molecular formula is C28H30N6O3S2. The number of thiazole rings is 1. The van der Waals surface area contributed by atoms with E-state index in [1.165, 1.54) is 23.1 Å². The summed E-state index contributed by atoms with van der Waals surface area (Å²) in [6.07, 6.45) is 6.52. The standard InChI is InChI=1S/C28H30N6O3S2/c1-5-13-38-18(3)7-8-19-14-20(15-22-23(19)39-27(32-22)33-26(37)29-6-2)21-16-30-25(31-17-21)34-11-9-28(4,10-12-34)24(35)36/h5,13-17H,3,6,9-12H2,1-2,4H3,(H,35,36)(H2,29,32,33,37)/b13-5-. The molecule has 202 valence electrons. The Morgan fingerprint density at radius 1 is 1.26 bits per heavy atom. The third kappa shape index (κ3) is 6.77. The molecule has 1 aromatic carbocycles. The Morgan fingerprint density at radius 2 is 1.97 bits per heavy atom. The maximum atomic E-state index is 12.1. The number of hydrogen-bond donors (Lipinski definition) is 3. The number of allylic oxidation sites excluding steroid dienone is 2. The Labute approximate surface area is 235 Å². The summed E-state index contributed by atoms with van der Waals surface area (Å²) in [6, 6.07) is 3.58. The van der Waals surface area contributed by atoms with Gasteiger partial charge >= 0.3 is 12.0 Å². The number of piperidine rings is 1. The van der Waals surface area contributed by atoms with E-state index in [-0.39, 0.29) is 6.03 Å². The topological polar surface area (TPSA) is 120 Å². The van der Waals surface area contributed by atoms with Crippen molar-refractivity contribution in [2.45, 2.75) is 33.6 Å². The average Bonchev–Trinajstić information content (AvgIpc) is 3.33. The fourth-order valence-electron chi connectivity index (χ4n) is 4.01. The normalized spacial score (nSPS) is 14.6. The van der Waals surface area contributed by atoms with Gasteiger partial charge in [-0.25, -0.2) is 19.7 Å². The third-order valence-electron chi connectivity index (χ3n) is 6.37. The van der Waals surface area contributed by atoms with Gasteiger partial charge in [-0.05, 0) is 56.7 Å².